The van der Waals surface area contributed by atoms with Crippen LogP contribution in [-0.2, 0) is 0 Å². The van der Waals surface area contributed by atoms with Gasteiger partial charge in [0.2, 0.25) is 0 Å². The van der Waals surface area contributed by atoms with Crippen LogP contribution in [0.5, 0.6) is 0 Å². The van der Waals surface area contributed by atoms with Crippen LogP contribution in [0.3, 0.4) is 0 Å². The van der Waals surface area contributed by atoms with Crippen LogP contribution in [0.25, 0.3) is 5.70 Å². The molecule has 2 rings (SSSR count). The third-order valence-electron chi connectivity index (χ3n) is 6.39. The van der Waals surface area contributed by atoms with Crippen molar-refractivity contribution in [1.82, 2.24) is 14.8 Å². The molecule has 0 aliphatic carbocycles. The molecule has 0 unspecified atom stereocenters. The van der Waals surface area contributed by atoms with Crippen LogP contribution in [0.1, 0.15) is 51.8 Å². The van der Waals surface area contributed by atoms with E-state index < -0.39 is 0 Å². The van der Waals surface area contributed by atoms with Gasteiger partial charge in [-0.3, -0.25) is 0 Å². The number of pyridine rings is 1. The summed E-state index contributed by atoms with van der Waals surface area (Å²) in [5.41, 5.74) is 8.25. The molecule has 0 saturated carbocycles. The van der Waals surface area contributed by atoms with Crippen molar-refractivity contribution >= 4 is 11.5 Å². The molecule has 4 nitrogen and oxygen atoms in total. The summed E-state index contributed by atoms with van der Waals surface area (Å²) in [4.78, 5) is 11.8. The first-order valence-corrected chi connectivity index (χ1v) is 11.7. The van der Waals surface area contributed by atoms with Crippen LogP contribution in [0.15, 0.2) is 66.4 Å². The zero-order valence-corrected chi connectivity index (χ0v) is 21.2. The fraction of sp³-hybridized carbons (Fsp3) is 0.464. The van der Waals surface area contributed by atoms with Crippen LogP contribution < -0.4 is 4.90 Å². The fourth-order valence-corrected chi connectivity index (χ4v) is 3.87. The van der Waals surface area contributed by atoms with Crippen molar-refractivity contribution in [3.63, 3.8) is 0 Å². The summed E-state index contributed by atoms with van der Waals surface area (Å²) in [5, 5.41) is 0. The monoisotopic (exact) mass is 434 g/mol. The summed E-state index contributed by atoms with van der Waals surface area (Å²) in [6.45, 7) is 28.0. The molecule has 0 radical (unpaired) electrons. The Morgan fingerprint density at radius 2 is 1.69 bits per heavy atom. The molecule has 0 amide bonds. The van der Waals surface area contributed by atoms with E-state index in [1.807, 2.05) is 6.08 Å². The zero-order chi connectivity index (χ0) is 23.8. The first kappa shape index (κ1) is 25.5. The van der Waals surface area contributed by atoms with E-state index in [0.29, 0.717) is 0 Å². The second kappa shape index (κ2) is 11.8. The van der Waals surface area contributed by atoms with Crippen molar-refractivity contribution in [2.75, 3.05) is 44.7 Å². The maximum absolute atomic E-state index is 4.85. The van der Waals surface area contributed by atoms with E-state index in [0.717, 1.165) is 74.0 Å². The number of nitrogens with zero attached hydrogens (tertiary/aromatic N) is 4. The van der Waals surface area contributed by atoms with Crippen molar-refractivity contribution in [3.05, 3.63) is 77.7 Å². The molecule has 0 aromatic carbocycles. The van der Waals surface area contributed by atoms with Crippen LogP contribution in [-0.4, -0.2) is 54.6 Å². The third kappa shape index (κ3) is 6.62. The maximum atomic E-state index is 4.85. The van der Waals surface area contributed by atoms with Crippen molar-refractivity contribution in [3.8, 4) is 0 Å². The minimum absolute atomic E-state index is 0.940. The molecule has 1 fully saturated rings. The number of aromatic nitrogens is 1. The minimum atomic E-state index is 0.940. The van der Waals surface area contributed by atoms with E-state index in [1.54, 1.807) is 0 Å². The summed E-state index contributed by atoms with van der Waals surface area (Å²) >= 11 is 0. The molecule has 0 spiro atoms. The number of rotatable bonds is 10. The van der Waals surface area contributed by atoms with Gasteiger partial charge >= 0.3 is 0 Å². The Balaban J connectivity index is 1.99. The maximum Gasteiger partial charge on any atom is 0.128 e. The molecule has 1 aliphatic rings. The molecule has 1 aromatic rings. The number of aryl methyl sites for hydroxylation is 1. The summed E-state index contributed by atoms with van der Waals surface area (Å²) < 4.78 is 0. The van der Waals surface area contributed by atoms with Crippen molar-refractivity contribution in [2.24, 2.45) is 0 Å². The third-order valence-corrected chi connectivity index (χ3v) is 6.39. The first-order chi connectivity index (χ1) is 15.1. The number of hydrogen-bond acceptors (Lipinski definition) is 4. The minimum Gasteiger partial charge on any atom is -0.368 e. The molecular formula is C28H42N4. The van der Waals surface area contributed by atoms with E-state index in [-0.39, 0.29) is 0 Å². The lowest BCUT2D eigenvalue weighted by molar-refractivity contribution is 0.217. The van der Waals surface area contributed by atoms with Crippen molar-refractivity contribution < 1.29 is 0 Å². The summed E-state index contributed by atoms with van der Waals surface area (Å²) in [5.74, 6) is 1.01. The molecular weight excluding hydrogens is 392 g/mol. The van der Waals surface area contributed by atoms with Crippen LogP contribution in [0, 0.1) is 6.92 Å². The predicted molar refractivity (Wildman–Crippen MR) is 141 cm³/mol. The molecule has 1 aliphatic heterocycles. The van der Waals surface area contributed by atoms with Gasteiger partial charge in [0.15, 0.2) is 0 Å². The SMILES string of the molecule is C=CCCCN(C)c1ccc(C(=C)N2CCN(C(=C)/C(C)=C\C(C)=C(C)C)CC2)c(C)n1. The number of hydrogen-bond donors (Lipinski definition) is 0. The van der Waals surface area contributed by atoms with Crippen LogP contribution >= 0.6 is 0 Å². The van der Waals surface area contributed by atoms with Gasteiger partial charge in [0.05, 0.1) is 0 Å². The van der Waals surface area contributed by atoms with Gasteiger partial charge < -0.3 is 14.7 Å². The van der Waals surface area contributed by atoms with Gasteiger partial charge in [-0.1, -0.05) is 36.5 Å². The van der Waals surface area contributed by atoms with E-state index in [1.165, 1.54) is 16.7 Å². The number of piperazine rings is 1. The van der Waals surface area contributed by atoms with Crippen molar-refractivity contribution in [2.45, 2.75) is 47.5 Å². The van der Waals surface area contributed by atoms with Gasteiger partial charge in [0.1, 0.15) is 5.82 Å². The average Bonchev–Trinajstić information content (AvgIpc) is 2.78. The Kier molecular flexibility index (Phi) is 9.37. The second-order valence-electron chi connectivity index (χ2n) is 9.03. The lowest BCUT2D eigenvalue weighted by Crippen LogP contribution is -2.44. The molecule has 1 aromatic heterocycles. The average molecular weight is 435 g/mol. The summed E-state index contributed by atoms with van der Waals surface area (Å²) in [6, 6.07) is 4.28. The van der Waals surface area contributed by atoms with Gasteiger partial charge in [-0.15, -0.1) is 6.58 Å². The van der Waals surface area contributed by atoms with Gasteiger partial charge in [-0.2, -0.15) is 0 Å². The lowest BCUT2D eigenvalue weighted by atomic mass is 10.1. The number of anilines is 1. The molecule has 1 saturated heterocycles. The Morgan fingerprint density at radius 3 is 2.25 bits per heavy atom. The summed E-state index contributed by atoms with van der Waals surface area (Å²) in [7, 11) is 2.10. The Bertz CT molecular complexity index is 894. The summed E-state index contributed by atoms with van der Waals surface area (Å²) in [6.07, 6.45) is 6.33. The Morgan fingerprint density at radius 1 is 1.06 bits per heavy atom. The second-order valence-corrected chi connectivity index (χ2v) is 9.03. The molecule has 174 valence electrons. The van der Waals surface area contributed by atoms with Crippen LogP contribution in [0.4, 0.5) is 5.82 Å². The zero-order valence-electron chi connectivity index (χ0n) is 21.2. The number of unbranched alkanes of at least 4 members (excludes halogenated alkanes) is 1. The van der Waals surface area contributed by atoms with E-state index in [2.05, 4.69) is 94.3 Å². The van der Waals surface area contributed by atoms with Gasteiger partial charge in [-0.25, -0.2) is 4.98 Å². The highest BCUT2D eigenvalue weighted by atomic mass is 15.3. The van der Waals surface area contributed by atoms with E-state index >= 15 is 0 Å². The quantitative estimate of drug-likeness (QED) is 0.248. The normalized spacial score (nSPS) is 14.2. The molecule has 2 heterocycles. The van der Waals surface area contributed by atoms with Gasteiger partial charge in [-0.05, 0) is 65.2 Å². The standard InChI is InChI=1S/C28H42N4/c1-10-11-12-15-30(9)28-14-13-27(24(6)29-28)26(8)32-18-16-31(17-19-32)25(7)23(5)20-22(4)21(2)3/h10,13-14,20H,1,7-8,11-12,15-19H2,2-6,9H3/b23-20-. The molecule has 4 heteroatoms. The van der Waals surface area contributed by atoms with E-state index in [4.69, 9.17) is 4.98 Å². The molecule has 0 N–H and O–H groups in total. The Hall–Kier alpha value is -2.75. The van der Waals surface area contributed by atoms with Gasteiger partial charge in [0, 0.05) is 62.4 Å². The number of allylic oxidation sites excluding steroid dienone is 5. The Labute approximate surface area is 196 Å². The highest BCUT2D eigenvalue weighted by Gasteiger charge is 2.21. The highest BCUT2D eigenvalue weighted by molar-refractivity contribution is 5.65. The van der Waals surface area contributed by atoms with Crippen LogP contribution in [0.2, 0.25) is 0 Å². The van der Waals surface area contributed by atoms with Crippen molar-refractivity contribution in [1.29, 1.82) is 0 Å². The molecule has 32 heavy (non-hydrogen) atoms. The highest BCUT2D eigenvalue weighted by Crippen LogP contribution is 2.26. The fourth-order valence-electron chi connectivity index (χ4n) is 3.87. The molecule has 0 bridgehead atoms. The van der Waals surface area contributed by atoms with E-state index in [9.17, 15) is 0 Å². The molecule has 0 atom stereocenters. The topological polar surface area (TPSA) is 22.6 Å². The predicted octanol–water partition coefficient (Wildman–Crippen LogP) is 6.20. The largest absolute Gasteiger partial charge is 0.368 e. The van der Waals surface area contributed by atoms with Gasteiger partial charge in [0.25, 0.3) is 0 Å². The smallest absolute Gasteiger partial charge is 0.128 e. The first-order valence-electron chi connectivity index (χ1n) is 11.7. The lowest BCUT2D eigenvalue weighted by Gasteiger charge is -2.39.